The predicted octanol–water partition coefficient (Wildman–Crippen LogP) is 4.01. The van der Waals surface area contributed by atoms with Crippen molar-refractivity contribution in [1.82, 2.24) is 9.97 Å². The third kappa shape index (κ3) is 4.42. The first kappa shape index (κ1) is 18.4. The topological polar surface area (TPSA) is 112 Å². The molecular weight excluding hydrogens is 366 g/mol. The normalized spacial score (nSPS) is 10.4. The number of anilines is 2. The van der Waals surface area contributed by atoms with Gasteiger partial charge in [-0.3, -0.25) is 0 Å². The minimum Gasteiger partial charge on any atom is -0.478 e. The van der Waals surface area contributed by atoms with Crippen LogP contribution in [-0.2, 0) is 0 Å². The molecule has 0 saturated carbocycles. The van der Waals surface area contributed by atoms with E-state index in [9.17, 15) is 19.8 Å². The fraction of sp³-hybridized carbons (Fsp3) is 0.0526. The summed E-state index contributed by atoms with van der Waals surface area (Å²) in [5.41, 5.74) is 1.67. The maximum Gasteiger partial charge on any atom is 0.335 e. The smallest absolute Gasteiger partial charge is 0.335 e. The highest BCUT2D eigenvalue weighted by atomic mass is 32.2. The predicted molar refractivity (Wildman–Crippen MR) is 103 cm³/mol. The summed E-state index contributed by atoms with van der Waals surface area (Å²) < 4.78 is 0. The Bertz CT molecular complexity index is 977. The van der Waals surface area contributed by atoms with Gasteiger partial charge in [0.2, 0.25) is 0 Å². The van der Waals surface area contributed by atoms with E-state index in [1.165, 1.54) is 23.9 Å². The molecule has 0 aliphatic rings. The summed E-state index contributed by atoms with van der Waals surface area (Å²) in [6, 6.07) is 15.1. The van der Waals surface area contributed by atoms with Crippen molar-refractivity contribution in [2.45, 2.75) is 5.16 Å². The highest BCUT2D eigenvalue weighted by molar-refractivity contribution is 7.98. The molecule has 0 bridgehead atoms. The van der Waals surface area contributed by atoms with Crippen LogP contribution in [0.5, 0.6) is 0 Å². The van der Waals surface area contributed by atoms with Gasteiger partial charge < -0.3 is 15.5 Å². The fourth-order valence-electron chi connectivity index (χ4n) is 2.43. The number of carbonyl (C=O) groups is 2. The first-order chi connectivity index (χ1) is 13.0. The van der Waals surface area contributed by atoms with Gasteiger partial charge in [0.25, 0.3) is 0 Å². The highest BCUT2D eigenvalue weighted by Gasteiger charge is 2.13. The molecule has 2 aromatic carbocycles. The molecule has 0 atom stereocenters. The van der Waals surface area contributed by atoms with Gasteiger partial charge in [0.15, 0.2) is 5.16 Å². The molecule has 27 heavy (non-hydrogen) atoms. The Morgan fingerprint density at radius 2 is 1.56 bits per heavy atom. The lowest BCUT2D eigenvalue weighted by Gasteiger charge is -2.11. The second-order valence-electron chi connectivity index (χ2n) is 5.53. The van der Waals surface area contributed by atoms with Crippen LogP contribution in [0.2, 0.25) is 0 Å². The summed E-state index contributed by atoms with van der Waals surface area (Å²) in [4.78, 5) is 31.4. The van der Waals surface area contributed by atoms with Crippen LogP contribution >= 0.6 is 11.8 Å². The molecule has 0 saturated heterocycles. The lowest BCUT2D eigenvalue weighted by atomic mass is 10.1. The highest BCUT2D eigenvalue weighted by Crippen LogP contribution is 2.25. The fourth-order valence-corrected chi connectivity index (χ4v) is 2.81. The Balaban J connectivity index is 2.02. The van der Waals surface area contributed by atoms with Gasteiger partial charge >= 0.3 is 11.9 Å². The molecule has 136 valence electrons. The zero-order valence-corrected chi connectivity index (χ0v) is 15.0. The van der Waals surface area contributed by atoms with Gasteiger partial charge in [0.05, 0.1) is 16.8 Å². The third-order valence-electron chi connectivity index (χ3n) is 3.66. The van der Waals surface area contributed by atoms with E-state index in [4.69, 9.17) is 0 Å². The van der Waals surface area contributed by atoms with E-state index < -0.39 is 11.9 Å². The minimum absolute atomic E-state index is 0.125. The summed E-state index contributed by atoms with van der Waals surface area (Å²) in [5, 5.41) is 21.9. The average molecular weight is 381 g/mol. The summed E-state index contributed by atoms with van der Waals surface area (Å²) >= 11 is 1.37. The van der Waals surface area contributed by atoms with E-state index in [1.54, 1.807) is 6.07 Å². The van der Waals surface area contributed by atoms with Crippen molar-refractivity contribution in [1.29, 1.82) is 0 Å². The Morgan fingerprint density at radius 1 is 0.926 bits per heavy atom. The minimum atomic E-state index is -1.21. The van der Waals surface area contributed by atoms with Gasteiger partial charge in [0, 0.05) is 17.3 Å². The van der Waals surface area contributed by atoms with Gasteiger partial charge in [-0.2, -0.15) is 0 Å². The van der Waals surface area contributed by atoms with Crippen LogP contribution in [0.4, 0.5) is 11.5 Å². The van der Waals surface area contributed by atoms with Gasteiger partial charge in [-0.1, -0.05) is 42.1 Å². The van der Waals surface area contributed by atoms with Gasteiger partial charge in [-0.25, -0.2) is 19.6 Å². The first-order valence-electron chi connectivity index (χ1n) is 7.83. The first-order valence-corrected chi connectivity index (χ1v) is 9.06. The maximum absolute atomic E-state index is 11.3. The van der Waals surface area contributed by atoms with Crippen LogP contribution in [0, 0.1) is 0 Å². The SMILES string of the molecule is CSc1nc(Nc2cc(C(=O)O)cc(C(=O)O)c2)cc(-c2ccccc2)n1. The molecule has 0 aliphatic heterocycles. The molecule has 0 aliphatic carbocycles. The number of nitrogens with one attached hydrogen (secondary N) is 1. The van der Waals surface area contributed by atoms with Crippen LogP contribution in [0.3, 0.4) is 0 Å². The largest absolute Gasteiger partial charge is 0.478 e. The van der Waals surface area contributed by atoms with E-state index in [0.717, 1.165) is 11.6 Å². The van der Waals surface area contributed by atoms with Gasteiger partial charge in [-0.15, -0.1) is 0 Å². The quantitative estimate of drug-likeness (QED) is 0.434. The number of hydrogen-bond acceptors (Lipinski definition) is 6. The van der Waals surface area contributed by atoms with Crippen LogP contribution in [0.25, 0.3) is 11.3 Å². The van der Waals surface area contributed by atoms with Gasteiger partial charge in [-0.05, 0) is 24.5 Å². The van der Waals surface area contributed by atoms with Crippen molar-refractivity contribution in [2.75, 3.05) is 11.6 Å². The number of thioether (sulfide) groups is 1. The number of rotatable bonds is 6. The lowest BCUT2D eigenvalue weighted by Crippen LogP contribution is -2.05. The maximum atomic E-state index is 11.3. The molecule has 0 spiro atoms. The molecule has 1 aromatic heterocycles. The molecule has 3 rings (SSSR count). The zero-order valence-electron chi connectivity index (χ0n) is 14.2. The molecule has 1 heterocycles. The Hall–Kier alpha value is -3.39. The third-order valence-corrected chi connectivity index (χ3v) is 4.20. The van der Waals surface area contributed by atoms with E-state index in [1.807, 2.05) is 36.6 Å². The summed E-state index contributed by atoms with van der Waals surface area (Å²) in [5.74, 6) is -1.98. The number of benzene rings is 2. The second kappa shape index (κ2) is 7.88. The molecule has 7 nitrogen and oxygen atoms in total. The summed E-state index contributed by atoms with van der Waals surface area (Å²) in [7, 11) is 0. The number of carboxylic acid groups (broad SMARTS) is 2. The molecule has 0 radical (unpaired) electrons. The number of aromatic nitrogens is 2. The molecule has 3 N–H and O–H groups in total. The summed E-state index contributed by atoms with van der Waals surface area (Å²) in [6.45, 7) is 0. The van der Waals surface area contributed by atoms with Crippen molar-refractivity contribution in [3.63, 3.8) is 0 Å². The Labute approximate surface area is 159 Å². The molecular formula is C19H15N3O4S. The van der Waals surface area contributed by atoms with Crippen molar-refractivity contribution in [3.8, 4) is 11.3 Å². The van der Waals surface area contributed by atoms with Crippen LogP contribution in [0.15, 0.2) is 59.8 Å². The van der Waals surface area contributed by atoms with E-state index in [2.05, 4.69) is 15.3 Å². The van der Waals surface area contributed by atoms with Crippen molar-refractivity contribution in [3.05, 3.63) is 65.7 Å². The van der Waals surface area contributed by atoms with E-state index in [-0.39, 0.29) is 11.1 Å². The summed E-state index contributed by atoms with van der Waals surface area (Å²) in [6.07, 6.45) is 1.85. The van der Waals surface area contributed by atoms with Gasteiger partial charge in [0.1, 0.15) is 5.82 Å². The second-order valence-corrected chi connectivity index (χ2v) is 6.30. The average Bonchev–Trinajstić information content (AvgIpc) is 2.68. The van der Waals surface area contributed by atoms with Crippen molar-refractivity contribution >= 4 is 35.2 Å². The Kier molecular flexibility index (Phi) is 5.37. The van der Waals surface area contributed by atoms with Crippen LogP contribution in [0.1, 0.15) is 20.7 Å². The number of hydrogen-bond donors (Lipinski definition) is 3. The standard InChI is InChI=1S/C19H15N3O4S/c1-27-19-21-15(11-5-3-2-4-6-11)10-16(22-19)20-14-8-12(17(23)24)7-13(9-14)18(25)26/h2-10H,1H3,(H,23,24)(H,25,26)(H,20,21,22). The Morgan fingerprint density at radius 3 is 2.11 bits per heavy atom. The number of nitrogens with zero attached hydrogens (tertiary/aromatic N) is 2. The van der Waals surface area contributed by atoms with Crippen LogP contribution < -0.4 is 5.32 Å². The van der Waals surface area contributed by atoms with E-state index in [0.29, 0.717) is 22.4 Å². The number of aromatic carboxylic acids is 2. The zero-order chi connectivity index (χ0) is 19.4. The van der Waals surface area contributed by atoms with Crippen LogP contribution in [-0.4, -0.2) is 38.4 Å². The number of carboxylic acids is 2. The van der Waals surface area contributed by atoms with Crippen molar-refractivity contribution < 1.29 is 19.8 Å². The molecule has 3 aromatic rings. The monoisotopic (exact) mass is 381 g/mol. The molecule has 0 unspecified atom stereocenters. The molecule has 0 fully saturated rings. The lowest BCUT2D eigenvalue weighted by molar-refractivity contribution is 0.0696. The molecule has 0 amide bonds. The molecule has 8 heteroatoms. The van der Waals surface area contributed by atoms with E-state index >= 15 is 0 Å². The van der Waals surface area contributed by atoms with Crippen molar-refractivity contribution in [2.24, 2.45) is 0 Å².